The molecule has 0 atom stereocenters. The van der Waals surface area contributed by atoms with Gasteiger partial charge in [-0.15, -0.1) is 0 Å². The normalized spacial score (nSPS) is 11.9. The number of nitrogens with zero attached hydrogens (tertiary/aromatic N) is 1. The summed E-state index contributed by atoms with van der Waals surface area (Å²) >= 11 is 1.61. The Morgan fingerprint density at radius 3 is 2.37 bits per heavy atom. The standard InChI is InChI=1S/C18H21F3N4OS/c1-2-22-17(25-11-13-7-10-27-12-13)24-9-8-23-16(26)14-3-5-15(6-4-14)18(19,20)21/h3-7,10,12H,2,8-9,11H2,1H3,(H,23,26)(H2,22,24,25). The second kappa shape index (κ2) is 9.96. The van der Waals surface area contributed by atoms with Gasteiger partial charge in [0.1, 0.15) is 0 Å². The zero-order valence-corrected chi connectivity index (χ0v) is 15.6. The molecular weight excluding hydrogens is 377 g/mol. The van der Waals surface area contributed by atoms with Gasteiger partial charge in [0, 0.05) is 25.2 Å². The number of benzene rings is 1. The molecule has 1 heterocycles. The molecule has 0 unspecified atom stereocenters. The first-order valence-corrected chi connectivity index (χ1v) is 9.33. The van der Waals surface area contributed by atoms with Gasteiger partial charge in [-0.1, -0.05) is 0 Å². The molecule has 0 radical (unpaired) electrons. The zero-order valence-electron chi connectivity index (χ0n) is 14.8. The minimum absolute atomic E-state index is 0.182. The van der Waals surface area contributed by atoms with Crippen molar-refractivity contribution in [3.05, 3.63) is 57.8 Å². The van der Waals surface area contributed by atoms with Gasteiger partial charge in [0.25, 0.3) is 5.91 Å². The lowest BCUT2D eigenvalue weighted by molar-refractivity contribution is -0.137. The molecule has 0 saturated heterocycles. The predicted molar refractivity (Wildman–Crippen MR) is 101 cm³/mol. The Balaban J connectivity index is 1.78. The van der Waals surface area contributed by atoms with Crippen LogP contribution in [0.5, 0.6) is 0 Å². The minimum atomic E-state index is -4.41. The fourth-order valence-electron chi connectivity index (χ4n) is 2.16. The van der Waals surface area contributed by atoms with Crippen molar-refractivity contribution in [1.82, 2.24) is 16.0 Å². The zero-order chi connectivity index (χ0) is 19.7. The van der Waals surface area contributed by atoms with Crippen LogP contribution in [0.3, 0.4) is 0 Å². The Bertz CT molecular complexity index is 743. The molecule has 1 aromatic heterocycles. The number of nitrogens with one attached hydrogen (secondary N) is 3. The van der Waals surface area contributed by atoms with Crippen LogP contribution in [0.2, 0.25) is 0 Å². The van der Waals surface area contributed by atoms with E-state index in [-0.39, 0.29) is 5.56 Å². The fraction of sp³-hybridized carbons (Fsp3) is 0.333. The summed E-state index contributed by atoms with van der Waals surface area (Å²) in [6, 6.07) is 6.12. The number of thiophene rings is 1. The number of halogens is 3. The molecule has 0 aliphatic carbocycles. The summed E-state index contributed by atoms with van der Waals surface area (Å²) in [5, 5.41) is 12.9. The van der Waals surface area contributed by atoms with Crippen LogP contribution in [0.15, 0.2) is 46.1 Å². The summed E-state index contributed by atoms with van der Waals surface area (Å²) in [4.78, 5) is 16.4. The largest absolute Gasteiger partial charge is 0.416 e. The molecule has 1 aromatic carbocycles. The van der Waals surface area contributed by atoms with Gasteiger partial charge in [-0.05, 0) is 53.6 Å². The van der Waals surface area contributed by atoms with Crippen molar-refractivity contribution in [2.45, 2.75) is 19.6 Å². The monoisotopic (exact) mass is 398 g/mol. The summed E-state index contributed by atoms with van der Waals surface area (Å²) < 4.78 is 37.6. The highest BCUT2D eigenvalue weighted by molar-refractivity contribution is 7.07. The molecule has 5 nitrogen and oxygen atoms in total. The topological polar surface area (TPSA) is 65.5 Å². The molecule has 0 saturated carbocycles. The Morgan fingerprint density at radius 1 is 1.07 bits per heavy atom. The first-order chi connectivity index (χ1) is 12.9. The molecule has 27 heavy (non-hydrogen) atoms. The lowest BCUT2D eigenvalue weighted by atomic mass is 10.1. The van der Waals surface area contributed by atoms with Crippen molar-refractivity contribution in [3.8, 4) is 0 Å². The van der Waals surface area contributed by atoms with Crippen LogP contribution in [-0.2, 0) is 12.7 Å². The van der Waals surface area contributed by atoms with Crippen molar-refractivity contribution in [2.75, 3.05) is 19.6 Å². The highest BCUT2D eigenvalue weighted by Gasteiger charge is 2.30. The quantitative estimate of drug-likeness (QED) is 0.381. The van der Waals surface area contributed by atoms with Gasteiger partial charge in [0.15, 0.2) is 5.96 Å². The Morgan fingerprint density at radius 2 is 1.78 bits per heavy atom. The van der Waals surface area contributed by atoms with E-state index in [1.54, 1.807) is 11.3 Å². The van der Waals surface area contributed by atoms with E-state index >= 15 is 0 Å². The molecule has 3 N–H and O–H groups in total. The molecule has 9 heteroatoms. The highest BCUT2D eigenvalue weighted by atomic mass is 32.1. The average Bonchev–Trinajstić information content (AvgIpc) is 3.16. The van der Waals surface area contributed by atoms with Crippen molar-refractivity contribution in [2.24, 2.45) is 4.99 Å². The molecule has 0 spiro atoms. The summed E-state index contributed by atoms with van der Waals surface area (Å²) in [5.41, 5.74) is 0.520. The number of guanidine groups is 1. The first kappa shape index (κ1) is 20.8. The lowest BCUT2D eigenvalue weighted by Gasteiger charge is -2.12. The maximum Gasteiger partial charge on any atom is 0.416 e. The maximum atomic E-state index is 12.5. The average molecular weight is 398 g/mol. The lowest BCUT2D eigenvalue weighted by Crippen LogP contribution is -2.41. The third-order valence-corrected chi connectivity index (χ3v) is 4.25. The Hall–Kier alpha value is -2.55. The van der Waals surface area contributed by atoms with Crippen molar-refractivity contribution >= 4 is 23.2 Å². The van der Waals surface area contributed by atoms with E-state index in [9.17, 15) is 18.0 Å². The van der Waals surface area contributed by atoms with Gasteiger partial charge < -0.3 is 16.0 Å². The molecule has 0 bridgehead atoms. The van der Waals surface area contributed by atoms with E-state index < -0.39 is 17.6 Å². The van der Waals surface area contributed by atoms with Crippen LogP contribution in [-0.4, -0.2) is 31.5 Å². The number of carbonyl (C=O) groups excluding carboxylic acids is 1. The van der Waals surface area contributed by atoms with Crippen LogP contribution in [0, 0.1) is 0 Å². The van der Waals surface area contributed by atoms with Gasteiger partial charge in [-0.2, -0.15) is 24.5 Å². The highest BCUT2D eigenvalue weighted by Crippen LogP contribution is 2.29. The van der Waals surface area contributed by atoms with Crippen LogP contribution in [0.1, 0.15) is 28.4 Å². The van der Waals surface area contributed by atoms with E-state index in [1.807, 2.05) is 23.8 Å². The van der Waals surface area contributed by atoms with Gasteiger partial charge >= 0.3 is 6.18 Å². The third kappa shape index (κ3) is 6.93. The van der Waals surface area contributed by atoms with Crippen molar-refractivity contribution in [3.63, 3.8) is 0 Å². The molecule has 0 fully saturated rings. The Labute approximate surface area is 159 Å². The minimum Gasteiger partial charge on any atom is -0.357 e. The molecule has 2 rings (SSSR count). The summed E-state index contributed by atoms with van der Waals surface area (Å²) in [5.74, 6) is 0.207. The number of rotatable bonds is 7. The van der Waals surface area contributed by atoms with E-state index in [4.69, 9.17) is 0 Å². The number of hydrogen-bond acceptors (Lipinski definition) is 3. The van der Waals surface area contributed by atoms with Crippen molar-refractivity contribution < 1.29 is 18.0 Å². The Kier molecular flexibility index (Phi) is 7.66. The van der Waals surface area contributed by atoms with Crippen LogP contribution >= 0.6 is 11.3 Å². The second-order valence-electron chi connectivity index (χ2n) is 5.58. The van der Waals surface area contributed by atoms with E-state index in [1.165, 1.54) is 0 Å². The molecule has 146 valence electrons. The van der Waals surface area contributed by atoms with Crippen LogP contribution < -0.4 is 16.0 Å². The molecule has 0 aliphatic rings. The molecule has 0 aliphatic heterocycles. The molecule has 2 aromatic rings. The first-order valence-electron chi connectivity index (χ1n) is 8.39. The van der Waals surface area contributed by atoms with Gasteiger partial charge in [-0.25, -0.2) is 4.99 Å². The van der Waals surface area contributed by atoms with Crippen molar-refractivity contribution in [1.29, 1.82) is 0 Å². The van der Waals surface area contributed by atoms with Crippen LogP contribution in [0.4, 0.5) is 13.2 Å². The van der Waals surface area contributed by atoms with E-state index in [0.717, 1.165) is 29.8 Å². The predicted octanol–water partition coefficient (Wildman–Crippen LogP) is 3.25. The SMILES string of the molecule is CCNC(=NCc1ccsc1)NCCNC(=O)c1ccc(C(F)(F)F)cc1. The third-order valence-electron chi connectivity index (χ3n) is 3.52. The summed E-state index contributed by atoms with van der Waals surface area (Å²) in [7, 11) is 0. The number of aliphatic imine (C=N–C) groups is 1. The van der Waals surface area contributed by atoms with E-state index in [0.29, 0.717) is 32.1 Å². The number of amides is 1. The smallest absolute Gasteiger partial charge is 0.357 e. The fourth-order valence-corrected chi connectivity index (χ4v) is 2.82. The summed E-state index contributed by atoms with van der Waals surface area (Å²) in [6.45, 7) is 3.95. The number of alkyl halides is 3. The second-order valence-corrected chi connectivity index (χ2v) is 6.36. The molecule has 1 amide bonds. The summed E-state index contributed by atoms with van der Waals surface area (Å²) in [6.07, 6.45) is -4.41. The van der Waals surface area contributed by atoms with Crippen LogP contribution in [0.25, 0.3) is 0 Å². The van der Waals surface area contributed by atoms with E-state index in [2.05, 4.69) is 20.9 Å². The maximum absolute atomic E-state index is 12.5. The number of carbonyl (C=O) groups is 1. The molecular formula is C18H21F3N4OS. The number of hydrogen-bond donors (Lipinski definition) is 3. The van der Waals surface area contributed by atoms with Gasteiger partial charge in [0.2, 0.25) is 0 Å². The van der Waals surface area contributed by atoms with Gasteiger partial charge in [0.05, 0.1) is 12.1 Å². The van der Waals surface area contributed by atoms with Gasteiger partial charge in [-0.3, -0.25) is 4.79 Å².